The van der Waals surface area contributed by atoms with Gasteiger partial charge in [0.1, 0.15) is 5.71 Å². The van der Waals surface area contributed by atoms with E-state index in [1.54, 1.807) is 12.5 Å². The van der Waals surface area contributed by atoms with Gasteiger partial charge in [-0.1, -0.05) is 23.1 Å². The first-order chi connectivity index (χ1) is 10.3. The van der Waals surface area contributed by atoms with E-state index in [2.05, 4.69) is 22.0 Å². The number of hydrogen-bond donors (Lipinski definition) is 1. The predicted molar refractivity (Wildman–Crippen MR) is 81.3 cm³/mol. The summed E-state index contributed by atoms with van der Waals surface area (Å²) in [6.45, 7) is 2.50. The second-order valence-electron chi connectivity index (χ2n) is 5.36. The summed E-state index contributed by atoms with van der Waals surface area (Å²) in [5.74, 6) is 7.06. The molecule has 1 aliphatic rings. The summed E-state index contributed by atoms with van der Waals surface area (Å²) in [6.07, 6.45) is 7.72. The lowest BCUT2D eigenvalue weighted by atomic mass is 10.0. The van der Waals surface area contributed by atoms with Gasteiger partial charge in [-0.2, -0.15) is 0 Å². The van der Waals surface area contributed by atoms with Gasteiger partial charge in [0.25, 0.3) is 0 Å². The number of hydrogen-bond acceptors (Lipinski definition) is 3. The van der Waals surface area contributed by atoms with Crippen LogP contribution in [0.15, 0.2) is 42.1 Å². The van der Waals surface area contributed by atoms with E-state index in [9.17, 15) is 5.21 Å². The van der Waals surface area contributed by atoms with Crippen molar-refractivity contribution in [1.82, 2.24) is 9.55 Å². The van der Waals surface area contributed by atoms with Crippen LogP contribution in [0.4, 0.5) is 0 Å². The smallest absolute Gasteiger partial charge is 0.107 e. The molecule has 3 rings (SSSR count). The highest BCUT2D eigenvalue weighted by Gasteiger charge is 2.17. The highest BCUT2D eigenvalue weighted by Crippen LogP contribution is 2.27. The Morgan fingerprint density at radius 2 is 2.33 bits per heavy atom. The second kappa shape index (κ2) is 5.84. The molecule has 0 bridgehead atoms. The summed E-state index contributed by atoms with van der Waals surface area (Å²) in [7, 11) is 0. The van der Waals surface area contributed by atoms with Crippen molar-refractivity contribution in [3.8, 4) is 11.8 Å². The average molecular weight is 279 g/mol. The Kier molecular flexibility index (Phi) is 3.74. The van der Waals surface area contributed by atoms with E-state index in [0.29, 0.717) is 18.2 Å². The normalized spacial score (nSPS) is 14.6. The molecule has 4 nitrogen and oxygen atoms in total. The number of benzene rings is 1. The van der Waals surface area contributed by atoms with E-state index in [1.807, 2.05) is 35.9 Å². The number of aryl methyl sites for hydroxylation is 1. The summed E-state index contributed by atoms with van der Waals surface area (Å²) in [6, 6.07) is 6.00. The first-order valence-electron chi connectivity index (χ1n) is 7.05. The molecule has 1 heterocycles. The third-order valence-electron chi connectivity index (χ3n) is 3.55. The van der Waals surface area contributed by atoms with Crippen LogP contribution in [0.25, 0.3) is 0 Å². The van der Waals surface area contributed by atoms with Crippen LogP contribution in [0.2, 0.25) is 0 Å². The minimum atomic E-state index is 0.491. The second-order valence-corrected chi connectivity index (χ2v) is 5.36. The molecule has 0 aliphatic heterocycles. The van der Waals surface area contributed by atoms with Gasteiger partial charge in [0.2, 0.25) is 0 Å². The molecule has 1 aromatic carbocycles. The van der Waals surface area contributed by atoms with Crippen molar-refractivity contribution >= 4 is 5.71 Å². The van der Waals surface area contributed by atoms with Crippen LogP contribution in [0.5, 0.6) is 0 Å². The van der Waals surface area contributed by atoms with E-state index >= 15 is 0 Å². The standard InChI is InChI=1S/C17H17N3O/c1-13-10-15(5-4-14-2-3-14)6-7-16(13)17(19-21)11-20-9-8-18-12-20/h6-10,12,14,21H,2-3,11H2,1H3/b19-17+. The molecular weight excluding hydrogens is 262 g/mol. The largest absolute Gasteiger partial charge is 0.411 e. The summed E-state index contributed by atoms with van der Waals surface area (Å²) < 4.78 is 1.87. The van der Waals surface area contributed by atoms with Crippen molar-refractivity contribution in [2.45, 2.75) is 26.3 Å². The zero-order valence-corrected chi connectivity index (χ0v) is 12.0. The monoisotopic (exact) mass is 279 g/mol. The van der Waals surface area contributed by atoms with Crippen LogP contribution >= 0.6 is 0 Å². The number of imidazole rings is 1. The van der Waals surface area contributed by atoms with Crippen molar-refractivity contribution in [3.63, 3.8) is 0 Å². The summed E-state index contributed by atoms with van der Waals surface area (Å²) in [5, 5.41) is 12.7. The first kappa shape index (κ1) is 13.4. The number of oxime groups is 1. The van der Waals surface area contributed by atoms with Gasteiger partial charge in [-0.25, -0.2) is 4.98 Å². The molecule has 0 saturated heterocycles. The van der Waals surface area contributed by atoms with Crippen molar-refractivity contribution in [2.24, 2.45) is 11.1 Å². The molecule has 0 radical (unpaired) electrons. The topological polar surface area (TPSA) is 50.4 Å². The minimum absolute atomic E-state index is 0.491. The molecule has 0 amide bonds. The first-order valence-corrected chi connectivity index (χ1v) is 7.05. The lowest BCUT2D eigenvalue weighted by Crippen LogP contribution is -2.12. The van der Waals surface area contributed by atoms with E-state index < -0.39 is 0 Å². The minimum Gasteiger partial charge on any atom is -0.411 e. The Hall–Kier alpha value is -2.54. The highest BCUT2D eigenvalue weighted by molar-refractivity contribution is 6.01. The summed E-state index contributed by atoms with van der Waals surface area (Å²) in [4.78, 5) is 3.99. The van der Waals surface area contributed by atoms with Gasteiger partial charge in [0.15, 0.2) is 0 Å². The fourth-order valence-electron chi connectivity index (χ4n) is 2.20. The molecule has 21 heavy (non-hydrogen) atoms. The summed E-state index contributed by atoms with van der Waals surface area (Å²) in [5.41, 5.74) is 3.63. The number of nitrogens with zero attached hydrogens (tertiary/aromatic N) is 3. The molecular formula is C17H17N3O. The molecule has 4 heteroatoms. The molecule has 0 unspecified atom stereocenters. The Bertz CT molecular complexity index is 716. The fourth-order valence-corrected chi connectivity index (χ4v) is 2.20. The van der Waals surface area contributed by atoms with Gasteiger partial charge < -0.3 is 9.77 Å². The Labute approximate surface area is 124 Å². The molecule has 106 valence electrons. The van der Waals surface area contributed by atoms with Crippen molar-refractivity contribution in [1.29, 1.82) is 0 Å². The Morgan fingerprint density at radius 1 is 1.48 bits per heavy atom. The molecule has 1 aliphatic carbocycles. The van der Waals surface area contributed by atoms with Gasteiger partial charge in [-0.15, -0.1) is 0 Å². The third kappa shape index (κ3) is 3.32. The average Bonchev–Trinajstić information content (AvgIpc) is 3.18. The van der Waals surface area contributed by atoms with Crippen molar-refractivity contribution in [2.75, 3.05) is 0 Å². The zero-order valence-electron chi connectivity index (χ0n) is 12.0. The lowest BCUT2D eigenvalue weighted by Gasteiger charge is -2.09. The fraction of sp³-hybridized carbons (Fsp3) is 0.294. The maximum atomic E-state index is 9.28. The molecule has 0 atom stereocenters. The number of rotatable bonds is 3. The van der Waals surface area contributed by atoms with Gasteiger partial charge in [-0.3, -0.25) is 0 Å². The van der Waals surface area contributed by atoms with E-state index in [-0.39, 0.29) is 0 Å². The molecule has 2 aromatic rings. The van der Waals surface area contributed by atoms with Crippen molar-refractivity contribution in [3.05, 3.63) is 53.6 Å². The Balaban J connectivity index is 1.82. The van der Waals surface area contributed by atoms with Crippen LogP contribution in [0.3, 0.4) is 0 Å². The van der Waals surface area contributed by atoms with E-state index in [1.165, 1.54) is 12.8 Å². The van der Waals surface area contributed by atoms with E-state index in [0.717, 1.165) is 16.7 Å². The maximum Gasteiger partial charge on any atom is 0.107 e. The predicted octanol–water partition coefficient (Wildman–Crippen LogP) is 2.83. The molecule has 1 aromatic heterocycles. The summed E-state index contributed by atoms with van der Waals surface area (Å²) >= 11 is 0. The maximum absolute atomic E-state index is 9.28. The van der Waals surface area contributed by atoms with Crippen molar-refractivity contribution < 1.29 is 5.21 Å². The van der Waals surface area contributed by atoms with Crippen LogP contribution in [-0.2, 0) is 6.54 Å². The SMILES string of the molecule is Cc1cc(C#CC2CC2)ccc1/C(Cn1ccnc1)=N/O. The molecule has 1 N–H and O–H groups in total. The molecule has 0 spiro atoms. The van der Waals surface area contributed by atoms with Crippen LogP contribution in [0, 0.1) is 24.7 Å². The van der Waals surface area contributed by atoms with Gasteiger partial charge in [0.05, 0.1) is 12.9 Å². The van der Waals surface area contributed by atoms with E-state index in [4.69, 9.17) is 0 Å². The lowest BCUT2D eigenvalue weighted by molar-refractivity contribution is 0.317. The number of aromatic nitrogens is 2. The zero-order chi connectivity index (χ0) is 14.7. The van der Waals surface area contributed by atoms with Crippen LogP contribution in [0.1, 0.15) is 29.5 Å². The third-order valence-corrected chi connectivity index (χ3v) is 3.55. The molecule has 1 fully saturated rings. The Morgan fingerprint density at radius 3 is 2.95 bits per heavy atom. The van der Waals surface area contributed by atoms with Crippen LogP contribution < -0.4 is 0 Å². The van der Waals surface area contributed by atoms with Crippen LogP contribution in [-0.4, -0.2) is 20.5 Å². The molecule has 1 saturated carbocycles. The highest BCUT2D eigenvalue weighted by atomic mass is 16.4. The van der Waals surface area contributed by atoms with Gasteiger partial charge in [0, 0.05) is 29.4 Å². The van der Waals surface area contributed by atoms with Gasteiger partial charge >= 0.3 is 0 Å². The quantitative estimate of drug-likeness (QED) is 0.406. The van der Waals surface area contributed by atoms with Gasteiger partial charge in [-0.05, 0) is 37.5 Å².